The number of carboxylic acids is 1. The van der Waals surface area contributed by atoms with Crippen molar-refractivity contribution >= 4 is 22.7 Å². The van der Waals surface area contributed by atoms with Gasteiger partial charge in [-0.15, -0.1) is 0 Å². The van der Waals surface area contributed by atoms with Crippen molar-refractivity contribution in [1.29, 1.82) is 0 Å². The first kappa shape index (κ1) is 13.0. The summed E-state index contributed by atoms with van der Waals surface area (Å²) < 4.78 is 1.72. The van der Waals surface area contributed by atoms with E-state index in [4.69, 9.17) is 5.11 Å². The summed E-state index contributed by atoms with van der Waals surface area (Å²) in [4.78, 5) is 23.0. The number of aromatic nitrogens is 4. The van der Waals surface area contributed by atoms with E-state index in [9.17, 15) is 4.79 Å². The van der Waals surface area contributed by atoms with Gasteiger partial charge in [-0.3, -0.25) is 0 Å². The zero-order chi connectivity index (χ0) is 14.7. The number of hydrogen-bond acceptors (Lipinski definition) is 5. The van der Waals surface area contributed by atoms with Crippen molar-refractivity contribution in [3.05, 3.63) is 48.8 Å². The number of imidazole rings is 1. The lowest BCUT2D eigenvalue weighted by atomic mass is 10.2. The molecule has 0 bridgehead atoms. The molecule has 0 fully saturated rings. The van der Waals surface area contributed by atoms with Gasteiger partial charge in [0.2, 0.25) is 0 Å². The van der Waals surface area contributed by atoms with Gasteiger partial charge in [0.05, 0.1) is 11.8 Å². The van der Waals surface area contributed by atoms with Crippen LogP contribution >= 0.6 is 0 Å². The molecule has 0 aliphatic rings. The zero-order valence-electron chi connectivity index (χ0n) is 11.1. The number of carbonyl (C=O) groups is 1. The smallest absolute Gasteiger partial charge is 0.356 e. The van der Waals surface area contributed by atoms with Crippen LogP contribution in [0.15, 0.2) is 43.1 Å². The highest BCUT2D eigenvalue weighted by atomic mass is 16.4. The van der Waals surface area contributed by atoms with Gasteiger partial charge in [-0.2, -0.15) is 0 Å². The van der Waals surface area contributed by atoms with Crippen molar-refractivity contribution in [2.45, 2.75) is 6.54 Å². The highest BCUT2D eigenvalue weighted by Gasteiger charge is 2.06. The SMILES string of the molecule is O=C(O)c1cn(CCNc2ncnc3ccccc23)cn1. The Morgan fingerprint density at radius 3 is 2.90 bits per heavy atom. The van der Waals surface area contributed by atoms with Gasteiger partial charge in [-0.1, -0.05) is 12.1 Å². The van der Waals surface area contributed by atoms with Gasteiger partial charge >= 0.3 is 5.97 Å². The molecule has 0 unspecified atom stereocenters. The Balaban J connectivity index is 1.68. The first-order valence-corrected chi connectivity index (χ1v) is 6.43. The largest absolute Gasteiger partial charge is 0.476 e. The predicted octanol–water partition coefficient (Wildman–Crippen LogP) is 1.64. The molecule has 3 rings (SSSR count). The summed E-state index contributed by atoms with van der Waals surface area (Å²) in [6.07, 6.45) is 4.52. The van der Waals surface area contributed by atoms with Gasteiger partial charge in [0.25, 0.3) is 0 Å². The molecule has 3 aromatic rings. The number of hydrogen-bond donors (Lipinski definition) is 2. The summed E-state index contributed by atoms with van der Waals surface area (Å²) in [7, 11) is 0. The van der Waals surface area contributed by atoms with Crippen LogP contribution in [0.2, 0.25) is 0 Å². The average molecular weight is 283 g/mol. The average Bonchev–Trinajstić information content (AvgIpc) is 2.97. The molecule has 0 atom stereocenters. The first-order valence-electron chi connectivity index (χ1n) is 6.43. The third-order valence-corrected chi connectivity index (χ3v) is 3.06. The minimum absolute atomic E-state index is 0.0440. The van der Waals surface area contributed by atoms with Crippen molar-refractivity contribution in [3.8, 4) is 0 Å². The Kier molecular flexibility index (Phi) is 3.46. The number of anilines is 1. The minimum Gasteiger partial charge on any atom is -0.476 e. The highest BCUT2D eigenvalue weighted by Crippen LogP contribution is 2.17. The molecule has 0 amide bonds. The maximum Gasteiger partial charge on any atom is 0.356 e. The molecule has 21 heavy (non-hydrogen) atoms. The van der Waals surface area contributed by atoms with Crippen molar-refractivity contribution < 1.29 is 9.90 Å². The minimum atomic E-state index is -1.02. The Labute approximate surface area is 120 Å². The van der Waals surface area contributed by atoms with Gasteiger partial charge in [0.15, 0.2) is 5.69 Å². The molecule has 0 spiro atoms. The van der Waals surface area contributed by atoms with Gasteiger partial charge in [0.1, 0.15) is 12.1 Å². The molecule has 7 nitrogen and oxygen atoms in total. The van der Waals surface area contributed by atoms with E-state index < -0.39 is 5.97 Å². The second-order valence-electron chi connectivity index (χ2n) is 4.47. The molecule has 2 heterocycles. The van der Waals surface area contributed by atoms with E-state index in [1.54, 1.807) is 4.57 Å². The number of aromatic carboxylic acids is 1. The number of carboxylic acid groups (broad SMARTS) is 1. The molecular formula is C14H13N5O2. The second-order valence-corrected chi connectivity index (χ2v) is 4.47. The molecular weight excluding hydrogens is 270 g/mol. The molecule has 1 aromatic carbocycles. The van der Waals surface area contributed by atoms with Crippen LogP contribution in [0.25, 0.3) is 10.9 Å². The molecule has 0 aliphatic carbocycles. The van der Waals surface area contributed by atoms with Crippen LogP contribution in [-0.2, 0) is 6.54 Å². The van der Waals surface area contributed by atoms with Crippen LogP contribution < -0.4 is 5.32 Å². The Morgan fingerprint density at radius 1 is 1.24 bits per heavy atom. The van der Waals surface area contributed by atoms with Gasteiger partial charge in [-0.05, 0) is 12.1 Å². The fourth-order valence-electron chi connectivity index (χ4n) is 2.04. The lowest BCUT2D eigenvalue weighted by molar-refractivity contribution is 0.0691. The van der Waals surface area contributed by atoms with E-state index in [1.165, 1.54) is 18.9 Å². The van der Waals surface area contributed by atoms with Crippen LogP contribution in [-0.4, -0.2) is 37.1 Å². The normalized spacial score (nSPS) is 10.7. The number of rotatable bonds is 5. The summed E-state index contributed by atoms with van der Waals surface area (Å²) in [5, 5.41) is 13.0. The predicted molar refractivity (Wildman–Crippen MR) is 77.2 cm³/mol. The molecule has 106 valence electrons. The number of para-hydroxylation sites is 1. The first-order chi connectivity index (χ1) is 10.2. The quantitative estimate of drug-likeness (QED) is 0.739. The maximum absolute atomic E-state index is 10.7. The Hall–Kier alpha value is -2.96. The van der Waals surface area contributed by atoms with Crippen molar-refractivity contribution in [2.24, 2.45) is 0 Å². The van der Waals surface area contributed by atoms with Crippen molar-refractivity contribution in [2.75, 3.05) is 11.9 Å². The molecule has 0 saturated heterocycles. The van der Waals surface area contributed by atoms with Crippen LogP contribution in [0.1, 0.15) is 10.5 Å². The fourth-order valence-corrected chi connectivity index (χ4v) is 2.04. The number of nitrogens with one attached hydrogen (secondary N) is 1. The summed E-state index contributed by atoms with van der Waals surface area (Å²) in [5.74, 6) is -0.261. The van der Waals surface area contributed by atoms with Crippen molar-refractivity contribution in [3.63, 3.8) is 0 Å². The van der Waals surface area contributed by atoms with E-state index in [2.05, 4.69) is 20.3 Å². The summed E-state index contributed by atoms with van der Waals surface area (Å²) in [5.41, 5.74) is 0.924. The topological polar surface area (TPSA) is 92.9 Å². The van der Waals surface area contributed by atoms with E-state index in [-0.39, 0.29) is 5.69 Å². The van der Waals surface area contributed by atoms with Crippen LogP contribution in [0, 0.1) is 0 Å². The van der Waals surface area contributed by atoms with Crippen LogP contribution in [0.4, 0.5) is 5.82 Å². The monoisotopic (exact) mass is 283 g/mol. The third kappa shape index (κ3) is 2.81. The van der Waals surface area contributed by atoms with Gasteiger partial charge in [0, 0.05) is 24.7 Å². The molecule has 2 aromatic heterocycles. The molecule has 0 aliphatic heterocycles. The van der Waals surface area contributed by atoms with E-state index >= 15 is 0 Å². The van der Waals surface area contributed by atoms with Crippen molar-refractivity contribution in [1.82, 2.24) is 19.5 Å². The fraction of sp³-hybridized carbons (Fsp3) is 0.143. The maximum atomic E-state index is 10.7. The van der Waals surface area contributed by atoms with Crippen LogP contribution in [0.3, 0.4) is 0 Å². The standard InChI is InChI=1S/C14H13N5O2/c20-14(21)12-7-19(9-18-12)6-5-15-13-10-3-1-2-4-11(10)16-8-17-13/h1-4,7-9H,5-6H2,(H,20,21)(H,15,16,17). The van der Waals surface area contributed by atoms with E-state index in [1.807, 2.05) is 24.3 Å². The second kappa shape index (κ2) is 5.58. The van der Waals surface area contributed by atoms with E-state index in [0.717, 1.165) is 16.7 Å². The molecule has 2 N–H and O–H groups in total. The third-order valence-electron chi connectivity index (χ3n) is 3.06. The molecule has 0 radical (unpaired) electrons. The summed E-state index contributed by atoms with van der Waals surface area (Å²) in [6, 6.07) is 7.75. The summed E-state index contributed by atoms with van der Waals surface area (Å²) >= 11 is 0. The highest BCUT2D eigenvalue weighted by molar-refractivity contribution is 5.88. The lowest BCUT2D eigenvalue weighted by Crippen LogP contribution is -2.10. The lowest BCUT2D eigenvalue weighted by Gasteiger charge is -2.08. The Bertz CT molecular complexity index is 778. The Morgan fingerprint density at radius 2 is 2.10 bits per heavy atom. The molecule has 0 saturated carbocycles. The molecule has 7 heteroatoms. The summed E-state index contributed by atoms with van der Waals surface area (Å²) in [6.45, 7) is 1.20. The number of benzene rings is 1. The number of fused-ring (bicyclic) bond motifs is 1. The zero-order valence-corrected chi connectivity index (χ0v) is 11.1. The van der Waals surface area contributed by atoms with E-state index in [0.29, 0.717) is 13.1 Å². The number of nitrogens with zero attached hydrogens (tertiary/aromatic N) is 4. The van der Waals surface area contributed by atoms with Gasteiger partial charge < -0.3 is 15.0 Å². The van der Waals surface area contributed by atoms with Gasteiger partial charge in [-0.25, -0.2) is 19.7 Å². The van der Waals surface area contributed by atoms with Crippen LogP contribution in [0.5, 0.6) is 0 Å².